The van der Waals surface area contributed by atoms with Gasteiger partial charge in [0.05, 0.1) is 0 Å². The number of nitrogens with zero attached hydrogens (tertiary/aromatic N) is 4. The smallest absolute Gasteiger partial charge is 0.222 e. The van der Waals surface area contributed by atoms with Crippen molar-refractivity contribution in [3.63, 3.8) is 0 Å². The largest absolute Gasteiger partial charge is 0.342 e. The number of carbonyl (C=O) groups excluding carboxylic acids is 1. The van der Waals surface area contributed by atoms with Gasteiger partial charge in [0.1, 0.15) is 0 Å². The molecule has 1 aliphatic rings. The van der Waals surface area contributed by atoms with Crippen LogP contribution in [-0.4, -0.2) is 30.4 Å². The molecule has 1 rings (SSSR count). The molecular formula is C8H14N4O. The van der Waals surface area contributed by atoms with Crippen LogP contribution in [0.25, 0.3) is 10.4 Å². The van der Waals surface area contributed by atoms with Gasteiger partial charge in [0.2, 0.25) is 5.91 Å². The highest BCUT2D eigenvalue weighted by molar-refractivity contribution is 5.78. The van der Waals surface area contributed by atoms with E-state index in [1.807, 2.05) is 4.90 Å². The van der Waals surface area contributed by atoms with Crippen LogP contribution in [0.2, 0.25) is 0 Å². The molecule has 72 valence electrons. The van der Waals surface area contributed by atoms with Gasteiger partial charge in [0, 0.05) is 31.0 Å². The van der Waals surface area contributed by atoms with E-state index in [4.69, 9.17) is 5.53 Å². The van der Waals surface area contributed by atoms with E-state index >= 15 is 0 Å². The number of hydrogen-bond donors (Lipinski definition) is 0. The molecule has 1 saturated heterocycles. The van der Waals surface area contributed by atoms with Gasteiger partial charge in [-0.2, -0.15) is 0 Å². The fourth-order valence-corrected chi connectivity index (χ4v) is 1.56. The van der Waals surface area contributed by atoms with Crippen LogP contribution in [0.15, 0.2) is 5.11 Å². The Morgan fingerprint density at radius 1 is 1.77 bits per heavy atom. The quantitative estimate of drug-likeness (QED) is 0.281. The highest BCUT2D eigenvalue weighted by Crippen LogP contribution is 2.16. The van der Waals surface area contributed by atoms with Crippen molar-refractivity contribution in [3.05, 3.63) is 10.4 Å². The van der Waals surface area contributed by atoms with E-state index in [9.17, 15) is 4.79 Å². The number of amides is 1. The average Bonchev–Trinajstić information content (AvgIpc) is 2.39. The summed E-state index contributed by atoms with van der Waals surface area (Å²) in [6.45, 7) is 4.14. The fraction of sp³-hybridized carbons (Fsp3) is 0.875. The number of rotatable bonds is 4. The van der Waals surface area contributed by atoms with E-state index < -0.39 is 0 Å². The van der Waals surface area contributed by atoms with Crippen molar-refractivity contribution in [1.82, 2.24) is 4.90 Å². The summed E-state index contributed by atoms with van der Waals surface area (Å²) in [6.07, 6.45) is 1.43. The molecule has 1 fully saturated rings. The van der Waals surface area contributed by atoms with E-state index in [0.29, 0.717) is 18.9 Å². The number of hydrogen-bond acceptors (Lipinski definition) is 2. The van der Waals surface area contributed by atoms with E-state index in [1.165, 1.54) is 0 Å². The molecule has 0 N–H and O–H groups in total. The molecule has 0 aromatic heterocycles. The first-order chi connectivity index (χ1) is 6.24. The predicted octanol–water partition coefficient (Wildman–Crippen LogP) is 1.56. The van der Waals surface area contributed by atoms with Crippen LogP contribution in [0, 0.1) is 5.92 Å². The van der Waals surface area contributed by atoms with Crippen molar-refractivity contribution in [2.24, 2.45) is 11.0 Å². The molecule has 0 bridgehead atoms. The lowest BCUT2D eigenvalue weighted by Gasteiger charge is -2.14. The van der Waals surface area contributed by atoms with Gasteiger partial charge in [0.15, 0.2) is 0 Å². The number of carbonyl (C=O) groups is 1. The Kier molecular flexibility index (Phi) is 3.58. The average molecular weight is 182 g/mol. The van der Waals surface area contributed by atoms with E-state index in [0.717, 1.165) is 19.5 Å². The molecule has 1 amide bonds. The SMILES string of the molecule is CC1CC(=O)N(CCCN=[N+]=[N-])C1. The lowest BCUT2D eigenvalue weighted by Crippen LogP contribution is -2.26. The minimum atomic E-state index is 0.230. The van der Waals surface area contributed by atoms with E-state index in [1.54, 1.807) is 0 Å². The minimum absolute atomic E-state index is 0.230. The molecule has 1 heterocycles. The Balaban J connectivity index is 2.21. The third-order valence-corrected chi connectivity index (χ3v) is 2.16. The number of likely N-dealkylation sites (tertiary alicyclic amines) is 1. The topological polar surface area (TPSA) is 69.1 Å². The summed E-state index contributed by atoms with van der Waals surface area (Å²) >= 11 is 0. The summed E-state index contributed by atoms with van der Waals surface area (Å²) in [7, 11) is 0. The second-order valence-electron chi connectivity index (χ2n) is 3.46. The van der Waals surface area contributed by atoms with Gasteiger partial charge < -0.3 is 4.90 Å². The van der Waals surface area contributed by atoms with Crippen LogP contribution in [0.3, 0.4) is 0 Å². The third kappa shape index (κ3) is 2.95. The lowest BCUT2D eigenvalue weighted by molar-refractivity contribution is -0.127. The zero-order valence-electron chi connectivity index (χ0n) is 7.81. The monoisotopic (exact) mass is 182 g/mol. The van der Waals surface area contributed by atoms with Crippen molar-refractivity contribution in [3.8, 4) is 0 Å². The van der Waals surface area contributed by atoms with Crippen LogP contribution >= 0.6 is 0 Å². The van der Waals surface area contributed by atoms with Crippen LogP contribution in [0.4, 0.5) is 0 Å². The van der Waals surface area contributed by atoms with E-state index in [2.05, 4.69) is 16.9 Å². The van der Waals surface area contributed by atoms with Crippen molar-refractivity contribution in [2.45, 2.75) is 19.8 Å². The summed E-state index contributed by atoms with van der Waals surface area (Å²) in [5.41, 5.74) is 8.03. The summed E-state index contributed by atoms with van der Waals surface area (Å²) in [5, 5.41) is 3.42. The van der Waals surface area contributed by atoms with Gasteiger partial charge in [0.25, 0.3) is 0 Å². The molecular weight excluding hydrogens is 168 g/mol. The Hall–Kier alpha value is -1.22. The Morgan fingerprint density at radius 3 is 3.08 bits per heavy atom. The summed E-state index contributed by atoms with van der Waals surface area (Å²) < 4.78 is 0. The lowest BCUT2D eigenvalue weighted by atomic mass is 10.2. The molecule has 1 aliphatic heterocycles. The first-order valence-electron chi connectivity index (χ1n) is 4.52. The molecule has 0 aliphatic carbocycles. The molecule has 0 aromatic carbocycles. The third-order valence-electron chi connectivity index (χ3n) is 2.16. The molecule has 5 nitrogen and oxygen atoms in total. The maximum Gasteiger partial charge on any atom is 0.222 e. The standard InChI is InChI=1S/C8H14N4O/c1-7-5-8(13)12(6-7)4-2-3-10-11-9/h7H,2-6H2,1H3. The van der Waals surface area contributed by atoms with Crippen molar-refractivity contribution < 1.29 is 4.79 Å². The van der Waals surface area contributed by atoms with Crippen LogP contribution < -0.4 is 0 Å². The molecule has 13 heavy (non-hydrogen) atoms. The summed E-state index contributed by atoms with van der Waals surface area (Å²) in [5.74, 6) is 0.709. The van der Waals surface area contributed by atoms with E-state index in [-0.39, 0.29) is 5.91 Å². The zero-order chi connectivity index (χ0) is 9.68. The normalized spacial score (nSPS) is 21.8. The Bertz CT molecular complexity index is 234. The predicted molar refractivity (Wildman–Crippen MR) is 49.0 cm³/mol. The number of azide groups is 1. The van der Waals surface area contributed by atoms with Gasteiger partial charge >= 0.3 is 0 Å². The van der Waals surface area contributed by atoms with Crippen molar-refractivity contribution in [1.29, 1.82) is 0 Å². The molecule has 5 heteroatoms. The van der Waals surface area contributed by atoms with Crippen LogP contribution in [0.1, 0.15) is 19.8 Å². The van der Waals surface area contributed by atoms with Gasteiger partial charge in [-0.25, -0.2) is 0 Å². The zero-order valence-corrected chi connectivity index (χ0v) is 7.81. The minimum Gasteiger partial charge on any atom is -0.342 e. The molecule has 1 atom stereocenters. The first-order valence-corrected chi connectivity index (χ1v) is 4.52. The Morgan fingerprint density at radius 2 is 2.54 bits per heavy atom. The Labute approximate surface area is 77.3 Å². The highest BCUT2D eigenvalue weighted by Gasteiger charge is 2.25. The second kappa shape index (κ2) is 4.72. The van der Waals surface area contributed by atoms with Gasteiger partial charge in [-0.15, -0.1) is 0 Å². The maximum absolute atomic E-state index is 11.3. The highest BCUT2D eigenvalue weighted by atomic mass is 16.2. The van der Waals surface area contributed by atoms with Gasteiger partial charge in [-0.3, -0.25) is 4.79 Å². The summed E-state index contributed by atoms with van der Waals surface area (Å²) in [6, 6.07) is 0. The van der Waals surface area contributed by atoms with Gasteiger partial charge in [-0.1, -0.05) is 12.0 Å². The molecule has 0 saturated carbocycles. The molecule has 0 aromatic rings. The fourth-order valence-electron chi connectivity index (χ4n) is 1.56. The van der Waals surface area contributed by atoms with Crippen LogP contribution in [-0.2, 0) is 4.79 Å². The molecule has 1 unspecified atom stereocenters. The molecule has 0 radical (unpaired) electrons. The second-order valence-corrected chi connectivity index (χ2v) is 3.46. The first kappa shape index (κ1) is 9.86. The van der Waals surface area contributed by atoms with Crippen LogP contribution in [0.5, 0.6) is 0 Å². The maximum atomic E-state index is 11.3. The van der Waals surface area contributed by atoms with Gasteiger partial charge in [-0.05, 0) is 17.9 Å². The van der Waals surface area contributed by atoms with Crippen molar-refractivity contribution in [2.75, 3.05) is 19.6 Å². The summed E-state index contributed by atoms with van der Waals surface area (Å²) in [4.78, 5) is 15.8. The van der Waals surface area contributed by atoms with Crippen molar-refractivity contribution >= 4 is 5.91 Å². The molecule has 0 spiro atoms.